The van der Waals surface area contributed by atoms with Crippen LogP contribution < -0.4 is 10.0 Å². The Morgan fingerprint density at radius 1 is 1.20 bits per heavy atom. The van der Waals surface area contributed by atoms with Crippen molar-refractivity contribution in [2.45, 2.75) is 43.7 Å². The molecule has 2 aliphatic rings. The van der Waals surface area contributed by atoms with E-state index in [1.54, 1.807) is 12.1 Å². The van der Waals surface area contributed by atoms with Crippen molar-refractivity contribution in [3.8, 4) is 0 Å². The SMILES string of the molecule is CC1CC1CNS(=O)(=O)c1ccc(CNC2CC2)cc1. The van der Waals surface area contributed by atoms with Crippen molar-refractivity contribution in [3.05, 3.63) is 29.8 Å². The highest BCUT2D eigenvalue weighted by atomic mass is 32.2. The van der Waals surface area contributed by atoms with Gasteiger partial charge in [-0.25, -0.2) is 13.1 Å². The van der Waals surface area contributed by atoms with Crippen LogP contribution in [0.25, 0.3) is 0 Å². The summed E-state index contributed by atoms with van der Waals surface area (Å²) in [6.07, 6.45) is 3.65. The lowest BCUT2D eigenvalue weighted by Crippen LogP contribution is -2.26. The standard InChI is InChI=1S/C15H22N2O2S/c1-11-8-13(11)10-17-20(18,19)15-6-2-12(3-7-15)9-16-14-4-5-14/h2-3,6-7,11,13-14,16-17H,4-5,8-10H2,1H3. The first-order valence-corrected chi connectivity index (χ1v) is 8.85. The van der Waals surface area contributed by atoms with Gasteiger partial charge < -0.3 is 5.32 Å². The third kappa shape index (κ3) is 3.59. The number of hydrogen-bond donors (Lipinski definition) is 2. The van der Waals surface area contributed by atoms with Crippen LogP contribution in [0.2, 0.25) is 0 Å². The number of hydrogen-bond acceptors (Lipinski definition) is 3. The van der Waals surface area contributed by atoms with Crippen LogP contribution in [0, 0.1) is 11.8 Å². The zero-order valence-corrected chi connectivity index (χ0v) is 12.6. The molecule has 0 bridgehead atoms. The van der Waals surface area contributed by atoms with Gasteiger partial charge in [-0.1, -0.05) is 19.1 Å². The third-order valence-corrected chi connectivity index (χ3v) is 5.66. The molecule has 2 unspecified atom stereocenters. The molecule has 2 aliphatic carbocycles. The highest BCUT2D eigenvalue weighted by Gasteiger charge is 2.33. The van der Waals surface area contributed by atoms with Crippen LogP contribution in [-0.4, -0.2) is 21.0 Å². The minimum atomic E-state index is -3.34. The molecule has 0 aliphatic heterocycles. The van der Waals surface area contributed by atoms with E-state index >= 15 is 0 Å². The lowest BCUT2D eigenvalue weighted by atomic mass is 10.2. The Labute approximate surface area is 121 Å². The molecule has 0 saturated heterocycles. The van der Waals surface area contributed by atoms with Gasteiger partial charge in [0, 0.05) is 19.1 Å². The molecule has 4 nitrogen and oxygen atoms in total. The van der Waals surface area contributed by atoms with Crippen LogP contribution in [0.5, 0.6) is 0 Å². The van der Waals surface area contributed by atoms with E-state index in [-0.39, 0.29) is 0 Å². The lowest BCUT2D eigenvalue weighted by Gasteiger charge is -2.08. The van der Waals surface area contributed by atoms with Crippen LogP contribution in [0.3, 0.4) is 0 Å². The van der Waals surface area contributed by atoms with Crippen molar-refractivity contribution in [1.29, 1.82) is 0 Å². The summed E-state index contributed by atoms with van der Waals surface area (Å²) in [5.74, 6) is 1.18. The summed E-state index contributed by atoms with van der Waals surface area (Å²) < 4.78 is 27.0. The molecule has 5 heteroatoms. The van der Waals surface area contributed by atoms with Gasteiger partial charge in [0.05, 0.1) is 4.90 Å². The average Bonchev–Trinajstić information content (AvgIpc) is 3.33. The van der Waals surface area contributed by atoms with E-state index in [9.17, 15) is 8.42 Å². The Kier molecular flexibility index (Phi) is 3.84. The summed E-state index contributed by atoms with van der Waals surface area (Å²) in [5.41, 5.74) is 1.13. The van der Waals surface area contributed by atoms with E-state index in [1.807, 2.05) is 12.1 Å². The number of nitrogens with one attached hydrogen (secondary N) is 2. The molecule has 3 rings (SSSR count). The second kappa shape index (κ2) is 5.47. The summed E-state index contributed by atoms with van der Waals surface area (Å²) in [7, 11) is -3.34. The van der Waals surface area contributed by atoms with Crippen molar-refractivity contribution in [3.63, 3.8) is 0 Å². The lowest BCUT2D eigenvalue weighted by molar-refractivity contribution is 0.574. The minimum Gasteiger partial charge on any atom is -0.310 e. The van der Waals surface area contributed by atoms with Gasteiger partial charge in [-0.2, -0.15) is 0 Å². The molecule has 20 heavy (non-hydrogen) atoms. The molecule has 0 amide bonds. The Hall–Kier alpha value is -0.910. The summed E-state index contributed by atoms with van der Waals surface area (Å²) >= 11 is 0. The second-order valence-corrected chi connectivity index (χ2v) is 7.89. The fraction of sp³-hybridized carbons (Fsp3) is 0.600. The molecule has 2 fully saturated rings. The first-order chi connectivity index (χ1) is 9.54. The number of sulfonamides is 1. The molecule has 1 aromatic carbocycles. The first-order valence-electron chi connectivity index (χ1n) is 7.36. The Balaban J connectivity index is 1.57. The van der Waals surface area contributed by atoms with Gasteiger partial charge in [0.15, 0.2) is 0 Å². The maximum Gasteiger partial charge on any atom is 0.240 e. The molecule has 2 atom stereocenters. The smallest absolute Gasteiger partial charge is 0.240 e. The van der Waals surface area contributed by atoms with E-state index in [4.69, 9.17) is 0 Å². The van der Waals surface area contributed by atoms with Gasteiger partial charge in [0.1, 0.15) is 0 Å². The Morgan fingerprint density at radius 2 is 1.85 bits per heavy atom. The van der Waals surface area contributed by atoms with E-state index < -0.39 is 10.0 Å². The van der Waals surface area contributed by atoms with Crippen LogP contribution in [-0.2, 0) is 16.6 Å². The molecule has 110 valence electrons. The topological polar surface area (TPSA) is 58.2 Å². The van der Waals surface area contributed by atoms with Crippen LogP contribution in [0.15, 0.2) is 29.2 Å². The molecule has 2 N–H and O–H groups in total. The number of rotatable bonds is 7. The monoisotopic (exact) mass is 294 g/mol. The maximum absolute atomic E-state index is 12.1. The summed E-state index contributed by atoms with van der Waals surface area (Å²) in [6.45, 7) is 3.53. The largest absolute Gasteiger partial charge is 0.310 e. The van der Waals surface area contributed by atoms with Gasteiger partial charge in [-0.05, 0) is 48.8 Å². The quantitative estimate of drug-likeness (QED) is 0.807. The normalized spacial score (nSPS) is 25.6. The Morgan fingerprint density at radius 3 is 2.40 bits per heavy atom. The molecule has 0 heterocycles. The second-order valence-electron chi connectivity index (χ2n) is 6.12. The summed E-state index contributed by atoms with van der Waals surface area (Å²) in [5, 5.41) is 3.42. The molecular formula is C15H22N2O2S. The van der Waals surface area contributed by atoms with E-state index in [0.717, 1.165) is 18.5 Å². The highest BCUT2D eigenvalue weighted by Crippen LogP contribution is 2.37. The summed E-state index contributed by atoms with van der Waals surface area (Å²) in [4.78, 5) is 0.362. The molecule has 0 radical (unpaired) electrons. The molecular weight excluding hydrogens is 272 g/mol. The maximum atomic E-state index is 12.1. The molecule has 0 aromatic heterocycles. The van der Waals surface area contributed by atoms with Gasteiger partial charge >= 0.3 is 0 Å². The van der Waals surface area contributed by atoms with E-state index in [2.05, 4.69) is 17.0 Å². The highest BCUT2D eigenvalue weighted by molar-refractivity contribution is 7.89. The Bertz CT molecular complexity index is 564. The molecule has 0 spiro atoms. The zero-order valence-electron chi connectivity index (χ0n) is 11.8. The summed E-state index contributed by atoms with van der Waals surface area (Å²) in [6, 6.07) is 7.85. The van der Waals surface area contributed by atoms with Crippen molar-refractivity contribution in [1.82, 2.24) is 10.0 Å². The average molecular weight is 294 g/mol. The van der Waals surface area contributed by atoms with E-state index in [0.29, 0.717) is 29.3 Å². The van der Waals surface area contributed by atoms with Crippen LogP contribution >= 0.6 is 0 Å². The van der Waals surface area contributed by atoms with Gasteiger partial charge in [0.25, 0.3) is 0 Å². The molecule has 1 aromatic rings. The minimum absolute atomic E-state index is 0.362. The fourth-order valence-electron chi connectivity index (χ4n) is 2.32. The van der Waals surface area contributed by atoms with Gasteiger partial charge in [-0.15, -0.1) is 0 Å². The predicted octanol–water partition coefficient (Wildman–Crippen LogP) is 1.87. The van der Waals surface area contributed by atoms with Crippen molar-refractivity contribution < 1.29 is 8.42 Å². The first kappa shape index (κ1) is 14.0. The van der Waals surface area contributed by atoms with Crippen molar-refractivity contribution in [2.24, 2.45) is 11.8 Å². The molecule has 2 saturated carbocycles. The van der Waals surface area contributed by atoms with Crippen LogP contribution in [0.4, 0.5) is 0 Å². The predicted molar refractivity (Wildman–Crippen MR) is 78.8 cm³/mol. The van der Waals surface area contributed by atoms with Crippen molar-refractivity contribution >= 4 is 10.0 Å². The van der Waals surface area contributed by atoms with E-state index in [1.165, 1.54) is 12.8 Å². The van der Waals surface area contributed by atoms with Gasteiger partial charge in [0.2, 0.25) is 10.0 Å². The number of benzene rings is 1. The fourth-order valence-corrected chi connectivity index (χ4v) is 3.41. The van der Waals surface area contributed by atoms with Crippen LogP contribution in [0.1, 0.15) is 31.7 Å². The zero-order chi connectivity index (χ0) is 14.2. The van der Waals surface area contributed by atoms with Crippen molar-refractivity contribution in [2.75, 3.05) is 6.54 Å². The van der Waals surface area contributed by atoms with Gasteiger partial charge in [-0.3, -0.25) is 0 Å². The third-order valence-electron chi connectivity index (χ3n) is 4.22.